The molecule has 2 aromatic rings. The number of likely N-dealkylation sites (tertiary alicyclic amines) is 1. The molecule has 31 heavy (non-hydrogen) atoms. The number of fused-ring (bicyclic) bond motifs is 1. The molecule has 1 fully saturated rings. The van der Waals surface area contributed by atoms with Gasteiger partial charge in [-0.15, -0.1) is 0 Å². The zero-order chi connectivity index (χ0) is 22.3. The van der Waals surface area contributed by atoms with Gasteiger partial charge in [-0.1, -0.05) is 12.1 Å². The Labute approximate surface area is 176 Å². The van der Waals surface area contributed by atoms with Crippen molar-refractivity contribution >= 4 is 23.9 Å². The van der Waals surface area contributed by atoms with Crippen molar-refractivity contribution in [3.05, 3.63) is 59.2 Å². The van der Waals surface area contributed by atoms with Gasteiger partial charge in [-0.05, 0) is 24.3 Å². The Kier molecular flexibility index (Phi) is 4.97. The number of carbonyl (C=O) groups excluding carboxylic acids is 3. The van der Waals surface area contributed by atoms with E-state index in [1.165, 1.54) is 26.4 Å². The molecule has 1 saturated heterocycles. The van der Waals surface area contributed by atoms with Gasteiger partial charge in [0, 0.05) is 11.6 Å². The molecule has 0 saturated carbocycles. The summed E-state index contributed by atoms with van der Waals surface area (Å²) >= 11 is 0. The average molecular weight is 426 g/mol. The normalized spacial score (nSPS) is 19.7. The summed E-state index contributed by atoms with van der Waals surface area (Å²) in [6.45, 7) is -0.0520. The van der Waals surface area contributed by atoms with Gasteiger partial charge in [0.2, 0.25) is 6.23 Å². The number of ether oxygens (including phenoxy) is 3. The first-order chi connectivity index (χ1) is 14.9. The summed E-state index contributed by atoms with van der Waals surface area (Å²) in [6, 6.07) is 9.72. The highest BCUT2D eigenvalue weighted by atomic mass is 16.7. The van der Waals surface area contributed by atoms with E-state index in [0.717, 1.165) is 9.80 Å². The van der Waals surface area contributed by atoms with Crippen LogP contribution in [0.2, 0.25) is 0 Å². The standard InChI is InChI=1S/C21H18N2O8/c1-29-12-8-7-11(15(9-12)30-2)10-22-19(26)16(20(22)31-21(27)28)23-17(24)13-5-3-4-6-14(13)18(23)25/h3-9,16,20H,10H2,1-2H3,(H,27,28)/t16-,20+/m1/s1. The van der Waals surface area contributed by atoms with Gasteiger partial charge >= 0.3 is 6.16 Å². The summed E-state index contributed by atoms with van der Waals surface area (Å²) < 4.78 is 15.4. The molecule has 2 aliphatic rings. The van der Waals surface area contributed by atoms with Gasteiger partial charge in [0.05, 0.1) is 31.9 Å². The van der Waals surface area contributed by atoms with Crippen LogP contribution in [0.4, 0.5) is 4.79 Å². The Hall–Kier alpha value is -4.08. The molecule has 0 spiro atoms. The summed E-state index contributed by atoms with van der Waals surface area (Å²) in [4.78, 5) is 51.6. The lowest BCUT2D eigenvalue weighted by molar-refractivity contribution is -0.183. The van der Waals surface area contributed by atoms with Gasteiger partial charge in [-0.25, -0.2) is 4.79 Å². The van der Waals surface area contributed by atoms with Gasteiger partial charge in [0.25, 0.3) is 17.7 Å². The quantitative estimate of drug-likeness (QED) is 0.421. The minimum atomic E-state index is -1.63. The van der Waals surface area contributed by atoms with Crippen molar-refractivity contribution in [2.45, 2.75) is 18.8 Å². The molecule has 0 bridgehead atoms. The van der Waals surface area contributed by atoms with E-state index in [9.17, 15) is 19.2 Å². The van der Waals surface area contributed by atoms with E-state index >= 15 is 0 Å². The number of rotatable bonds is 6. The van der Waals surface area contributed by atoms with Crippen molar-refractivity contribution in [3.63, 3.8) is 0 Å². The number of imide groups is 1. The number of carboxylic acid groups (broad SMARTS) is 1. The molecule has 0 aliphatic carbocycles. The maximum Gasteiger partial charge on any atom is 0.507 e. The Morgan fingerprint density at radius 2 is 1.65 bits per heavy atom. The fourth-order valence-electron chi connectivity index (χ4n) is 3.77. The fourth-order valence-corrected chi connectivity index (χ4v) is 3.77. The largest absolute Gasteiger partial charge is 0.507 e. The van der Waals surface area contributed by atoms with E-state index in [0.29, 0.717) is 17.1 Å². The number of hydrogen-bond donors (Lipinski definition) is 1. The topological polar surface area (TPSA) is 123 Å². The average Bonchev–Trinajstić information content (AvgIpc) is 3.02. The molecule has 0 radical (unpaired) electrons. The SMILES string of the molecule is COc1ccc(CN2C(=O)[C@@H](N3C(=O)c4ccccc4C3=O)[C@@H]2OC(=O)O)c(OC)c1. The highest BCUT2D eigenvalue weighted by molar-refractivity contribution is 6.23. The van der Waals surface area contributed by atoms with E-state index in [2.05, 4.69) is 0 Å². The van der Waals surface area contributed by atoms with Crippen LogP contribution in [-0.2, 0) is 16.1 Å². The van der Waals surface area contributed by atoms with E-state index in [4.69, 9.17) is 19.3 Å². The second kappa shape index (κ2) is 7.63. The molecule has 160 valence electrons. The third kappa shape index (κ3) is 3.21. The lowest BCUT2D eigenvalue weighted by Gasteiger charge is -2.47. The van der Waals surface area contributed by atoms with Crippen LogP contribution in [0.1, 0.15) is 26.3 Å². The van der Waals surface area contributed by atoms with Crippen LogP contribution < -0.4 is 9.47 Å². The molecule has 0 unspecified atom stereocenters. The molecule has 1 N–H and O–H groups in total. The third-order valence-electron chi connectivity index (χ3n) is 5.27. The molecule has 4 rings (SSSR count). The molecule has 2 aromatic carbocycles. The maximum atomic E-state index is 13.0. The number of methoxy groups -OCH3 is 2. The summed E-state index contributed by atoms with van der Waals surface area (Å²) in [5, 5.41) is 9.16. The summed E-state index contributed by atoms with van der Waals surface area (Å²) in [7, 11) is 2.94. The molecule has 3 amide bonds. The minimum Gasteiger partial charge on any atom is -0.497 e. The molecule has 10 heteroatoms. The predicted octanol–water partition coefficient (Wildman–Crippen LogP) is 1.73. The summed E-state index contributed by atoms with van der Waals surface area (Å²) in [5.41, 5.74) is 0.880. The van der Waals surface area contributed by atoms with Crippen molar-refractivity contribution in [1.29, 1.82) is 0 Å². The van der Waals surface area contributed by atoms with Crippen molar-refractivity contribution in [2.24, 2.45) is 0 Å². The lowest BCUT2D eigenvalue weighted by Crippen LogP contribution is -2.72. The second-order valence-corrected chi connectivity index (χ2v) is 6.89. The first-order valence-corrected chi connectivity index (χ1v) is 9.25. The smallest absolute Gasteiger partial charge is 0.497 e. The molecule has 2 heterocycles. The fraction of sp³-hybridized carbons (Fsp3) is 0.238. The number of β-lactam (4-membered cyclic amide) rings is 1. The van der Waals surface area contributed by atoms with Crippen molar-refractivity contribution in [3.8, 4) is 11.5 Å². The van der Waals surface area contributed by atoms with Gasteiger partial charge in [-0.3, -0.25) is 24.2 Å². The van der Waals surface area contributed by atoms with Gasteiger partial charge < -0.3 is 19.3 Å². The number of nitrogens with zero attached hydrogens (tertiary/aromatic N) is 2. The second-order valence-electron chi connectivity index (χ2n) is 6.89. The Morgan fingerprint density at radius 3 is 2.19 bits per heavy atom. The first-order valence-electron chi connectivity index (χ1n) is 9.25. The van der Waals surface area contributed by atoms with E-state index < -0.39 is 36.1 Å². The summed E-state index contributed by atoms with van der Waals surface area (Å²) in [6.07, 6.45) is -2.98. The lowest BCUT2D eigenvalue weighted by atomic mass is 10.0. The van der Waals surface area contributed by atoms with E-state index in [1.54, 1.807) is 30.3 Å². The molecular weight excluding hydrogens is 408 g/mol. The molecular formula is C21H18N2O8. The Balaban J connectivity index is 1.63. The highest BCUT2D eigenvalue weighted by Crippen LogP contribution is 2.36. The van der Waals surface area contributed by atoms with Crippen molar-refractivity contribution < 1.29 is 38.5 Å². The minimum absolute atomic E-state index is 0.0520. The first kappa shape index (κ1) is 20.2. The monoisotopic (exact) mass is 426 g/mol. The molecule has 2 atom stereocenters. The third-order valence-corrected chi connectivity index (χ3v) is 5.27. The van der Waals surface area contributed by atoms with Crippen LogP contribution in [0.25, 0.3) is 0 Å². The number of benzene rings is 2. The van der Waals surface area contributed by atoms with Crippen LogP contribution >= 0.6 is 0 Å². The molecule has 0 aromatic heterocycles. The molecule has 10 nitrogen and oxygen atoms in total. The van der Waals surface area contributed by atoms with Crippen LogP contribution in [-0.4, -0.2) is 65.3 Å². The van der Waals surface area contributed by atoms with Crippen LogP contribution in [0.15, 0.2) is 42.5 Å². The zero-order valence-corrected chi connectivity index (χ0v) is 16.6. The van der Waals surface area contributed by atoms with Gasteiger partial charge in [-0.2, -0.15) is 0 Å². The number of amides is 3. The molecule has 2 aliphatic heterocycles. The van der Waals surface area contributed by atoms with Gasteiger partial charge in [0.1, 0.15) is 11.5 Å². The predicted molar refractivity (Wildman–Crippen MR) is 104 cm³/mol. The van der Waals surface area contributed by atoms with Gasteiger partial charge in [0.15, 0.2) is 6.04 Å². The summed E-state index contributed by atoms with van der Waals surface area (Å²) in [5.74, 6) is -0.985. The van der Waals surface area contributed by atoms with E-state index in [-0.39, 0.29) is 17.7 Å². The zero-order valence-electron chi connectivity index (χ0n) is 16.6. The Morgan fingerprint density at radius 1 is 1.00 bits per heavy atom. The number of hydrogen-bond acceptors (Lipinski definition) is 7. The van der Waals surface area contributed by atoms with Crippen LogP contribution in [0, 0.1) is 0 Å². The van der Waals surface area contributed by atoms with E-state index in [1.807, 2.05) is 0 Å². The van der Waals surface area contributed by atoms with Crippen LogP contribution in [0.5, 0.6) is 11.5 Å². The maximum absolute atomic E-state index is 13.0. The van der Waals surface area contributed by atoms with Crippen LogP contribution in [0.3, 0.4) is 0 Å². The highest BCUT2D eigenvalue weighted by Gasteiger charge is 2.58. The Bertz CT molecular complexity index is 1060. The number of carbonyl (C=O) groups is 4. The van der Waals surface area contributed by atoms with Crippen molar-refractivity contribution in [2.75, 3.05) is 14.2 Å². The van der Waals surface area contributed by atoms with Crippen molar-refractivity contribution in [1.82, 2.24) is 9.80 Å².